The molecule has 0 spiro atoms. The van der Waals surface area contributed by atoms with Gasteiger partial charge in [-0.25, -0.2) is 12.8 Å². The molecule has 0 unspecified atom stereocenters. The topological polar surface area (TPSA) is 54.5 Å². The second kappa shape index (κ2) is 7.88. The molecule has 0 aliphatic carbocycles. The van der Waals surface area contributed by atoms with Crippen molar-refractivity contribution in [2.75, 3.05) is 13.1 Å². The van der Waals surface area contributed by atoms with Gasteiger partial charge in [0.15, 0.2) is 9.84 Å². The van der Waals surface area contributed by atoms with Gasteiger partial charge in [-0.2, -0.15) is 0 Å². The van der Waals surface area contributed by atoms with Gasteiger partial charge < -0.3 is 4.90 Å². The molecule has 0 radical (unpaired) electrons. The Bertz CT molecular complexity index is 866. The van der Waals surface area contributed by atoms with Gasteiger partial charge in [0.1, 0.15) is 5.82 Å². The summed E-state index contributed by atoms with van der Waals surface area (Å²) in [7, 11) is -3.48. The summed E-state index contributed by atoms with van der Waals surface area (Å²) in [6, 6.07) is 7.00. The molecule has 1 amide bonds. The van der Waals surface area contributed by atoms with Crippen LogP contribution in [0.2, 0.25) is 0 Å². The van der Waals surface area contributed by atoms with E-state index in [1.54, 1.807) is 16.2 Å². The van der Waals surface area contributed by atoms with Gasteiger partial charge in [0, 0.05) is 24.4 Å². The van der Waals surface area contributed by atoms with Crippen molar-refractivity contribution >= 4 is 27.1 Å². The maximum Gasteiger partial charge on any atom is 0.222 e. The van der Waals surface area contributed by atoms with E-state index in [0.717, 1.165) is 18.6 Å². The summed E-state index contributed by atoms with van der Waals surface area (Å²) in [6.07, 6.45) is 2.03. The maximum absolute atomic E-state index is 13.0. The molecule has 0 atom stereocenters. The summed E-state index contributed by atoms with van der Waals surface area (Å²) < 4.78 is 38.4. The number of halogens is 1. The van der Waals surface area contributed by atoms with E-state index in [2.05, 4.69) is 6.07 Å². The van der Waals surface area contributed by atoms with Crippen molar-refractivity contribution in [3.8, 4) is 0 Å². The Labute approximate surface area is 157 Å². The number of hydrogen-bond donors (Lipinski definition) is 0. The average Bonchev–Trinajstić information content (AvgIpc) is 3.05. The van der Waals surface area contributed by atoms with Crippen molar-refractivity contribution in [2.24, 2.45) is 0 Å². The highest BCUT2D eigenvalue weighted by molar-refractivity contribution is 7.92. The minimum absolute atomic E-state index is 0.0791. The third kappa shape index (κ3) is 4.15. The van der Waals surface area contributed by atoms with Gasteiger partial charge in [-0.1, -0.05) is 0 Å². The number of carbonyl (C=O) groups excluding carboxylic acids is 1. The molecule has 26 heavy (non-hydrogen) atoms. The molecule has 7 heteroatoms. The molecule has 0 saturated carbocycles. The largest absolute Gasteiger partial charge is 0.343 e. The van der Waals surface area contributed by atoms with Gasteiger partial charge in [-0.05, 0) is 67.5 Å². The van der Waals surface area contributed by atoms with Crippen LogP contribution < -0.4 is 0 Å². The van der Waals surface area contributed by atoms with E-state index < -0.39 is 20.9 Å². The van der Waals surface area contributed by atoms with Crippen LogP contribution in [0.3, 0.4) is 0 Å². The first-order chi connectivity index (χ1) is 12.4. The fourth-order valence-corrected chi connectivity index (χ4v) is 5.91. The number of rotatable bonds is 5. The Hall–Kier alpha value is -1.73. The lowest BCUT2D eigenvalue weighted by Gasteiger charge is -2.31. The fourth-order valence-electron chi connectivity index (χ4n) is 3.27. The van der Waals surface area contributed by atoms with Crippen LogP contribution in [0.15, 0.2) is 40.6 Å². The third-order valence-corrected chi connectivity index (χ3v) is 8.27. The minimum atomic E-state index is -3.48. The Kier molecular flexibility index (Phi) is 5.77. The molecule has 0 N–H and O–H groups in total. The van der Waals surface area contributed by atoms with Crippen LogP contribution in [-0.2, 0) is 21.1 Å². The number of carbonyl (C=O) groups is 1. The number of thiophene rings is 1. The van der Waals surface area contributed by atoms with E-state index in [1.807, 2.05) is 12.3 Å². The van der Waals surface area contributed by atoms with Crippen LogP contribution in [0.4, 0.5) is 4.39 Å². The molecule has 3 rings (SSSR count). The van der Waals surface area contributed by atoms with E-state index in [9.17, 15) is 17.6 Å². The minimum Gasteiger partial charge on any atom is -0.343 e. The average molecular weight is 396 g/mol. The molecule has 140 valence electrons. The summed E-state index contributed by atoms with van der Waals surface area (Å²) in [5.74, 6) is -0.374. The fraction of sp³-hybridized carbons (Fsp3) is 0.421. The van der Waals surface area contributed by atoms with Crippen LogP contribution in [0.1, 0.15) is 29.7 Å². The lowest BCUT2D eigenvalue weighted by Crippen LogP contribution is -2.42. The predicted octanol–water partition coefficient (Wildman–Crippen LogP) is 3.59. The van der Waals surface area contributed by atoms with Crippen LogP contribution in [0, 0.1) is 12.7 Å². The van der Waals surface area contributed by atoms with E-state index in [0.29, 0.717) is 32.4 Å². The zero-order valence-electron chi connectivity index (χ0n) is 14.7. The molecule has 1 aliphatic heterocycles. The van der Waals surface area contributed by atoms with E-state index in [4.69, 9.17) is 0 Å². The first-order valence-electron chi connectivity index (χ1n) is 8.68. The van der Waals surface area contributed by atoms with Crippen LogP contribution in [-0.4, -0.2) is 37.6 Å². The SMILES string of the molecule is Cc1ccsc1CCC(=O)N1CCC(S(=O)(=O)c2ccc(F)cc2)CC1. The molecule has 1 aromatic heterocycles. The van der Waals surface area contributed by atoms with Crippen molar-refractivity contribution in [3.63, 3.8) is 0 Å². The van der Waals surface area contributed by atoms with Crippen molar-refractivity contribution in [1.82, 2.24) is 4.90 Å². The first kappa shape index (κ1) is 19.0. The zero-order chi connectivity index (χ0) is 18.7. The Balaban J connectivity index is 1.55. The molecule has 1 aromatic carbocycles. The highest BCUT2D eigenvalue weighted by atomic mass is 32.2. The number of aryl methyl sites for hydroxylation is 2. The standard InChI is InChI=1S/C19H22FNO3S2/c1-14-10-13-25-18(14)6-7-19(22)21-11-8-17(9-12-21)26(23,24)16-4-2-15(20)3-5-16/h2-5,10,13,17H,6-9,11-12H2,1H3. The van der Waals surface area contributed by atoms with Crippen molar-refractivity contribution in [1.29, 1.82) is 0 Å². The summed E-state index contributed by atoms with van der Waals surface area (Å²) in [6.45, 7) is 2.95. The molecular weight excluding hydrogens is 373 g/mol. The quantitative estimate of drug-likeness (QED) is 0.727. The normalized spacial score (nSPS) is 16.0. The number of piperidine rings is 1. The summed E-state index contributed by atoms with van der Waals surface area (Å²) in [5.41, 5.74) is 1.21. The van der Waals surface area contributed by atoms with E-state index >= 15 is 0 Å². The Morgan fingerprint density at radius 2 is 1.85 bits per heavy atom. The van der Waals surface area contributed by atoms with E-state index in [1.165, 1.54) is 22.6 Å². The van der Waals surface area contributed by atoms with Crippen LogP contribution in [0.25, 0.3) is 0 Å². The number of amides is 1. The van der Waals surface area contributed by atoms with E-state index in [-0.39, 0.29) is 10.8 Å². The third-order valence-electron chi connectivity index (χ3n) is 4.91. The Morgan fingerprint density at radius 3 is 2.42 bits per heavy atom. The molecule has 2 aromatic rings. The molecular formula is C19H22FNO3S2. The number of sulfone groups is 1. The molecule has 4 nitrogen and oxygen atoms in total. The number of benzene rings is 1. The van der Waals surface area contributed by atoms with Gasteiger partial charge in [-0.15, -0.1) is 11.3 Å². The highest BCUT2D eigenvalue weighted by Gasteiger charge is 2.32. The van der Waals surface area contributed by atoms with Gasteiger partial charge in [0.05, 0.1) is 10.1 Å². The van der Waals surface area contributed by atoms with Gasteiger partial charge in [0.25, 0.3) is 0 Å². The monoisotopic (exact) mass is 395 g/mol. The lowest BCUT2D eigenvalue weighted by molar-refractivity contribution is -0.131. The second-order valence-corrected chi connectivity index (χ2v) is 9.83. The van der Waals surface area contributed by atoms with Gasteiger partial charge >= 0.3 is 0 Å². The van der Waals surface area contributed by atoms with Gasteiger partial charge in [0.2, 0.25) is 5.91 Å². The van der Waals surface area contributed by atoms with Crippen molar-refractivity contribution in [3.05, 3.63) is 52.0 Å². The highest BCUT2D eigenvalue weighted by Crippen LogP contribution is 2.25. The number of likely N-dealkylation sites (tertiary alicyclic amines) is 1. The Morgan fingerprint density at radius 1 is 1.19 bits per heavy atom. The lowest BCUT2D eigenvalue weighted by atomic mass is 10.1. The number of hydrogen-bond acceptors (Lipinski definition) is 4. The smallest absolute Gasteiger partial charge is 0.222 e. The van der Waals surface area contributed by atoms with Crippen LogP contribution >= 0.6 is 11.3 Å². The van der Waals surface area contributed by atoms with Crippen molar-refractivity contribution in [2.45, 2.75) is 42.8 Å². The first-order valence-corrected chi connectivity index (χ1v) is 11.1. The predicted molar refractivity (Wildman–Crippen MR) is 101 cm³/mol. The van der Waals surface area contributed by atoms with Crippen LogP contribution in [0.5, 0.6) is 0 Å². The summed E-state index contributed by atoms with van der Waals surface area (Å²) in [4.78, 5) is 15.6. The van der Waals surface area contributed by atoms with Gasteiger partial charge in [-0.3, -0.25) is 4.79 Å². The summed E-state index contributed by atoms with van der Waals surface area (Å²) in [5, 5.41) is 1.51. The maximum atomic E-state index is 13.0. The zero-order valence-corrected chi connectivity index (χ0v) is 16.3. The number of nitrogens with zero attached hydrogens (tertiary/aromatic N) is 1. The molecule has 0 bridgehead atoms. The molecule has 1 saturated heterocycles. The van der Waals surface area contributed by atoms with Crippen molar-refractivity contribution < 1.29 is 17.6 Å². The summed E-state index contributed by atoms with van der Waals surface area (Å²) >= 11 is 1.66. The second-order valence-electron chi connectivity index (χ2n) is 6.61. The molecule has 2 heterocycles. The molecule has 1 aliphatic rings. The molecule has 1 fully saturated rings.